The molecule has 0 aliphatic heterocycles. The molecule has 0 radical (unpaired) electrons. The standard InChI is InChI=1S/C76H42N6O/c77-43-61-71(79-63-30-12-5-23-50(63)51-24-6-13-31-64(51)79)62(44-78)73(81-67-34-16-9-27-54(67)55-28-10-17-35-68(55)81)75(72(61)80-65-32-14-7-25-52(65)53-26-8-15-33-66(53)80)82-69-40-37-46(59-41-45-19-1-2-20-47(45)48-21-3-4-22-49(48)59)42-60(69)57-38-39-58-56-29-11-18-36-70(56)83-76(58)74(57)82/h1-42H. The van der Waals surface area contributed by atoms with E-state index >= 15 is 0 Å². The highest BCUT2D eigenvalue weighted by Gasteiger charge is 2.35. The molecule has 0 unspecified atom stereocenters. The average Bonchev–Trinajstić information content (AvgIpc) is 2.65. The first-order valence-electron chi connectivity index (χ1n) is 28.0. The number of nitrogens with zero attached hydrogens (tertiary/aromatic N) is 6. The van der Waals surface area contributed by atoms with Crippen molar-refractivity contribution in [3.05, 3.63) is 266 Å². The highest BCUT2D eigenvalue weighted by Crippen LogP contribution is 2.51. The molecule has 0 fully saturated rings. The van der Waals surface area contributed by atoms with E-state index in [1.807, 2.05) is 24.3 Å². The third-order valence-electron chi connectivity index (χ3n) is 17.6. The molecule has 18 aromatic rings. The molecule has 13 aromatic carbocycles. The molecular formula is C76H42N6O. The molecule has 0 saturated carbocycles. The Balaban J connectivity index is 1.13. The Bertz CT molecular complexity index is 5670. The summed E-state index contributed by atoms with van der Waals surface area (Å²) >= 11 is 0. The van der Waals surface area contributed by atoms with Crippen LogP contribution in [-0.4, -0.2) is 18.3 Å². The maximum Gasteiger partial charge on any atom is 0.160 e. The molecule has 5 aromatic heterocycles. The highest BCUT2D eigenvalue weighted by molar-refractivity contribution is 6.24. The van der Waals surface area contributed by atoms with Crippen molar-refractivity contribution in [3.63, 3.8) is 0 Å². The van der Waals surface area contributed by atoms with Gasteiger partial charge in [0.2, 0.25) is 0 Å². The molecule has 0 bridgehead atoms. The molecular weight excluding hydrogens is 1010 g/mol. The minimum absolute atomic E-state index is 0.338. The minimum Gasteiger partial charge on any atom is -0.454 e. The van der Waals surface area contributed by atoms with E-state index in [1.54, 1.807) is 0 Å². The highest BCUT2D eigenvalue weighted by atomic mass is 16.3. The first-order chi connectivity index (χ1) is 41.2. The molecule has 0 amide bonds. The summed E-state index contributed by atoms with van der Waals surface area (Å²) in [5, 5.41) is 40.2. The molecule has 0 aliphatic rings. The van der Waals surface area contributed by atoms with E-state index in [-0.39, 0.29) is 0 Å². The van der Waals surface area contributed by atoms with Gasteiger partial charge in [-0.25, -0.2) is 0 Å². The lowest BCUT2D eigenvalue weighted by Gasteiger charge is -2.27. The Morgan fingerprint density at radius 1 is 0.277 bits per heavy atom. The van der Waals surface area contributed by atoms with Gasteiger partial charge in [0, 0.05) is 53.9 Å². The molecule has 5 heterocycles. The van der Waals surface area contributed by atoms with Gasteiger partial charge in [-0.05, 0) is 99.4 Å². The van der Waals surface area contributed by atoms with E-state index in [9.17, 15) is 10.5 Å². The number of rotatable bonds is 5. The van der Waals surface area contributed by atoms with Crippen LogP contribution in [0.15, 0.2) is 259 Å². The third kappa shape index (κ3) is 6.04. The molecule has 0 saturated heterocycles. The second-order valence-corrected chi connectivity index (χ2v) is 21.7. The quantitative estimate of drug-likeness (QED) is 0.161. The second-order valence-electron chi connectivity index (χ2n) is 21.7. The first kappa shape index (κ1) is 45.2. The fraction of sp³-hybridized carbons (Fsp3) is 0. The fourth-order valence-electron chi connectivity index (χ4n) is 14.2. The average molecular weight is 1060 g/mol. The zero-order valence-corrected chi connectivity index (χ0v) is 44.3. The van der Waals surface area contributed by atoms with E-state index in [2.05, 4.69) is 261 Å². The minimum atomic E-state index is 0.338. The van der Waals surface area contributed by atoms with Crippen molar-refractivity contribution < 1.29 is 4.42 Å². The van der Waals surface area contributed by atoms with E-state index in [4.69, 9.17) is 4.42 Å². The van der Waals surface area contributed by atoms with Gasteiger partial charge in [0.05, 0.1) is 66.9 Å². The number of furan rings is 1. The van der Waals surface area contributed by atoms with Crippen LogP contribution in [0.3, 0.4) is 0 Å². The van der Waals surface area contributed by atoms with Crippen LogP contribution in [0.1, 0.15) is 11.1 Å². The maximum atomic E-state index is 12.7. The summed E-state index contributed by atoms with van der Waals surface area (Å²) in [5.74, 6) is 0. The summed E-state index contributed by atoms with van der Waals surface area (Å²) in [4.78, 5) is 0. The van der Waals surface area contributed by atoms with Crippen molar-refractivity contribution in [2.24, 2.45) is 0 Å². The van der Waals surface area contributed by atoms with Gasteiger partial charge in [0.25, 0.3) is 0 Å². The Morgan fingerprint density at radius 3 is 1.18 bits per heavy atom. The van der Waals surface area contributed by atoms with Crippen LogP contribution >= 0.6 is 0 Å². The van der Waals surface area contributed by atoms with Gasteiger partial charge >= 0.3 is 0 Å². The van der Waals surface area contributed by atoms with Crippen molar-refractivity contribution in [3.8, 4) is 46.0 Å². The van der Waals surface area contributed by atoms with Gasteiger partial charge in [-0.15, -0.1) is 0 Å². The Labute approximate surface area is 473 Å². The molecule has 0 aliphatic carbocycles. The largest absolute Gasteiger partial charge is 0.454 e. The maximum absolute atomic E-state index is 12.7. The van der Waals surface area contributed by atoms with Gasteiger partial charge in [-0.3, -0.25) is 0 Å². The van der Waals surface area contributed by atoms with Crippen LogP contribution in [0, 0.1) is 22.7 Å². The number of fused-ring (bicyclic) bond motifs is 19. The monoisotopic (exact) mass is 1050 g/mol. The van der Waals surface area contributed by atoms with Gasteiger partial charge in [-0.2, -0.15) is 10.5 Å². The number of hydrogen-bond acceptors (Lipinski definition) is 3. The van der Waals surface area contributed by atoms with Gasteiger partial charge in [0.15, 0.2) is 5.58 Å². The summed E-state index contributed by atoms with van der Waals surface area (Å²) in [6.07, 6.45) is 0. The summed E-state index contributed by atoms with van der Waals surface area (Å²) in [6.45, 7) is 0. The van der Waals surface area contributed by atoms with Crippen molar-refractivity contribution in [2.75, 3.05) is 0 Å². The number of aromatic nitrogens is 4. The zero-order valence-electron chi connectivity index (χ0n) is 44.3. The van der Waals surface area contributed by atoms with Crippen molar-refractivity contribution in [1.29, 1.82) is 10.5 Å². The predicted octanol–water partition coefficient (Wildman–Crippen LogP) is 19.7. The van der Waals surface area contributed by atoms with E-state index in [1.165, 1.54) is 10.8 Å². The van der Waals surface area contributed by atoms with Gasteiger partial charge in [0.1, 0.15) is 28.8 Å². The Kier molecular flexibility index (Phi) is 9.23. The van der Waals surface area contributed by atoms with E-state index in [0.717, 1.165) is 125 Å². The van der Waals surface area contributed by atoms with Crippen LogP contribution < -0.4 is 0 Å². The lowest BCUT2D eigenvalue weighted by atomic mass is 9.92. The van der Waals surface area contributed by atoms with E-state index in [0.29, 0.717) is 39.5 Å². The molecule has 0 atom stereocenters. The molecule has 382 valence electrons. The number of benzene rings is 13. The fourth-order valence-corrected chi connectivity index (χ4v) is 14.2. The smallest absolute Gasteiger partial charge is 0.160 e. The third-order valence-corrected chi connectivity index (χ3v) is 17.6. The second kappa shape index (κ2) is 16.9. The number of para-hydroxylation sites is 7. The Morgan fingerprint density at radius 2 is 0.675 bits per heavy atom. The van der Waals surface area contributed by atoms with Gasteiger partial charge < -0.3 is 22.7 Å². The summed E-state index contributed by atoms with van der Waals surface area (Å²) in [5.41, 5.74) is 13.8. The van der Waals surface area contributed by atoms with Crippen LogP contribution in [0.2, 0.25) is 0 Å². The molecule has 83 heavy (non-hydrogen) atoms. The molecule has 7 nitrogen and oxygen atoms in total. The van der Waals surface area contributed by atoms with Crippen LogP contribution in [0.25, 0.3) is 165 Å². The zero-order chi connectivity index (χ0) is 54.6. The van der Waals surface area contributed by atoms with Gasteiger partial charge in [-0.1, -0.05) is 188 Å². The van der Waals surface area contributed by atoms with Crippen LogP contribution in [0.5, 0.6) is 0 Å². The normalized spacial score (nSPS) is 12.1. The summed E-state index contributed by atoms with van der Waals surface area (Å²) < 4.78 is 16.3. The lowest BCUT2D eigenvalue weighted by Crippen LogP contribution is -2.17. The number of nitriles is 2. The first-order valence-corrected chi connectivity index (χ1v) is 28.0. The molecule has 0 N–H and O–H groups in total. The molecule has 18 rings (SSSR count). The summed E-state index contributed by atoms with van der Waals surface area (Å²) in [7, 11) is 0. The SMILES string of the molecule is N#Cc1c(-n2c3ccccc3c3ccccc32)c(C#N)c(-n2c3ccccc3c3ccccc32)c(-n2c3ccc(-c4cc5ccccc5c5ccccc45)cc3c3ccc4c5ccccc5oc4c32)c1-n1c2ccccc2c2ccccc21. The molecule has 7 heteroatoms. The van der Waals surface area contributed by atoms with Crippen LogP contribution in [0.4, 0.5) is 0 Å². The van der Waals surface area contributed by atoms with Crippen molar-refractivity contribution in [1.82, 2.24) is 18.3 Å². The van der Waals surface area contributed by atoms with E-state index < -0.39 is 0 Å². The molecule has 0 spiro atoms. The van der Waals surface area contributed by atoms with Crippen molar-refractivity contribution >= 4 is 131 Å². The topological polar surface area (TPSA) is 80.4 Å². The predicted molar refractivity (Wildman–Crippen MR) is 341 cm³/mol. The summed E-state index contributed by atoms with van der Waals surface area (Å²) in [6, 6.07) is 95.5. The lowest BCUT2D eigenvalue weighted by molar-refractivity contribution is 0.671. The Hall–Kier alpha value is -11.6. The van der Waals surface area contributed by atoms with Crippen molar-refractivity contribution in [2.45, 2.75) is 0 Å². The number of hydrogen-bond donors (Lipinski definition) is 0. The van der Waals surface area contributed by atoms with Crippen LogP contribution in [-0.2, 0) is 0 Å².